The zero-order valence-electron chi connectivity index (χ0n) is 11.1. The second-order valence-corrected chi connectivity index (χ2v) is 7.75. The first-order chi connectivity index (χ1) is 8.85. The van der Waals surface area contributed by atoms with Crippen LogP contribution in [0.5, 0.6) is 0 Å². The van der Waals surface area contributed by atoms with Crippen LogP contribution in [0.1, 0.15) is 38.5 Å². The van der Waals surface area contributed by atoms with Crippen LogP contribution in [0.3, 0.4) is 0 Å². The van der Waals surface area contributed by atoms with Gasteiger partial charge in [-0.1, -0.05) is 25.7 Å². The minimum Gasteiger partial charge on any atom is -0.309 e. The third-order valence-electron chi connectivity index (χ3n) is 4.02. The van der Waals surface area contributed by atoms with Crippen molar-refractivity contribution in [2.45, 2.75) is 44.1 Å². The van der Waals surface area contributed by atoms with E-state index in [1.807, 2.05) is 0 Å². The Hall–Kier alpha value is -1.11. The highest BCUT2D eigenvalue weighted by Gasteiger charge is 2.52. The van der Waals surface area contributed by atoms with Crippen LogP contribution in [0.25, 0.3) is 0 Å². The van der Waals surface area contributed by atoms with E-state index in [1.165, 1.54) is 4.90 Å². The maximum absolute atomic E-state index is 12.1. The predicted molar refractivity (Wildman–Crippen MR) is 70.4 cm³/mol. The van der Waals surface area contributed by atoms with Gasteiger partial charge < -0.3 is 4.90 Å². The van der Waals surface area contributed by atoms with Crippen molar-refractivity contribution in [1.29, 1.82) is 0 Å². The van der Waals surface area contributed by atoms with Crippen LogP contribution in [-0.4, -0.2) is 49.3 Å². The van der Waals surface area contributed by atoms with E-state index in [1.54, 1.807) is 0 Å². The van der Waals surface area contributed by atoms with Gasteiger partial charge in [0.25, 0.3) is 5.91 Å². The summed E-state index contributed by atoms with van der Waals surface area (Å²) in [6.07, 6.45) is 6.32. The first-order valence-electron chi connectivity index (χ1n) is 6.66. The van der Waals surface area contributed by atoms with Gasteiger partial charge in [0.05, 0.1) is 5.75 Å². The molecule has 3 amide bonds. The molecule has 7 heteroatoms. The van der Waals surface area contributed by atoms with Gasteiger partial charge in [0, 0.05) is 12.8 Å². The number of rotatable bonds is 3. The largest absolute Gasteiger partial charge is 0.325 e. The van der Waals surface area contributed by atoms with E-state index in [4.69, 9.17) is 0 Å². The summed E-state index contributed by atoms with van der Waals surface area (Å²) >= 11 is 0. The third-order valence-corrected chi connectivity index (χ3v) is 4.95. The first kappa shape index (κ1) is 14.3. The molecule has 1 saturated carbocycles. The number of sulfone groups is 1. The molecule has 1 aliphatic carbocycles. The minimum absolute atomic E-state index is 0.0937. The standard InChI is InChI=1S/C12H20N2O4S/c1-19(17,18)9-8-14-11(16)13-10(15)12(14)6-4-2-3-5-7-12/h2-9H2,1H3,(H,13,15,16). The Kier molecular flexibility index (Phi) is 3.85. The van der Waals surface area contributed by atoms with Gasteiger partial charge in [-0.2, -0.15) is 0 Å². The fourth-order valence-electron chi connectivity index (χ4n) is 2.98. The summed E-state index contributed by atoms with van der Waals surface area (Å²) in [4.78, 5) is 25.5. The molecular formula is C12H20N2O4S. The number of carbonyl (C=O) groups excluding carboxylic acids is 2. The molecule has 0 aromatic carbocycles. The summed E-state index contributed by atoms with van der Waals surface area (Å²) < 4.78 is 22.5. The number of nitrogens with one attached hydrogen (secondary N) is 1. The molecule has 2 fully saturated rings. The highest BCUT2D eigenvalue weighted by Crippen LogP contribution is 2.35. The summed E-state index contributed by atoms with van der Waals surface area (Å²) in [7, 11) is -3.15. The van der Waals surface area contributed by atoms with Crippen LogP contribution in [0, 0.1) is 0 Å². The highest BCUT2D eigenvalue weighted by atomic mass is 32.2. The Morgan fingerprint density at radius 1 is 1.16 bits per heavy atom. The second-order valence-electron chi connectivity index (χ2n) is 5.49. The maximum atomic E-state index is 12.1. The van der Waals surface area contributed by atoms with E-state index in [0.29, 0.717) is 12.8 Å². The van der Waals surface area contributed by atoms with Gasteiger partial charge in [0.15, 0.2) is 0 Å². The second kappa shape index (κ2) is 5.11. The number of urea groups is 1. The Bertz CT molecular complexity index is 478. The molecule has 1 aliphatic heterocycles. The Labute approximate surface area is 113 Å². The number of hydrogen-bond acceptors (Lipinski definition) is 4. The number of imide groups is 1. The van der Waals surface area contributed by atoms with Crippen molar-refractivity contribution in [3.05, 3.63) is 0 Å². The molecule has 1 saturated heterocycles. The van der Waals surface area contributed by atoms with Gasteiger partial charge in [0.1, 0.15) is 15.4 Å². The fourth-order valence-corrected chi connectivity index (χ4v) is 3.50. The van der Waals surface area contributed by atoms with E-state index in [9.17, 15) is 18.0 Å². The quantitative estimate of drug-likeness (QED) is 0.774. The molecule has 19 heavy (non-hydrogen) atoms. The lowest BCUT2D eigenvalue weighted by molar-refractivity contribution is -0.127. The summed E-state index contributed by atoms with van der Waals surface area (Å²) in [5.74, 6) is -0.358. The van der Waals surface area contributed by atoms with Crippen molar-refractivity contribution in [3.63, 3.8) is 0 Å². The molecule has 6 nitrogen and oxygen atoms in total. The van der Waals surface area contributed by atoms with Gasteiger partial charge in [-0.05, 0) is 12.8 Å². The third kappa shape index (κ3) is 2.91. The van der Waals surface area contributed by atoms with Gasteiger partial charge in [0.2, 0.25) is 0 Å². The van der Waals surface area contributed by atoms with Gasteiger partial charge in [-0.15, -0.1) is 0 Å². The molecule has 0 aromatic rings. The number of hydrogen-bond donors (Lipinski definition) is 1. The van der Waals surface area contributed by atoms with E-state index in [-0.39, 0.29) is 18.2 Å². The van der Waals surface area contributed by atoms with Crippen LogP contribution in [-0.2, 0) is 14.6 Å². The summed E-state index contributed by atoms with van der Waals surface area (Å²) in [5, 5.41) is 2.34. The average Bonchev–Trinajstić information content (AvgIpc) is 2.48. The molecule has 108 valence electrons. The van der Waals surface area contributed by atoms with Gasteiger partial charge >= 0.3 is 6.03 Å². The Morgan fingerprint density at radius 3 is 2.26 bits per heavy atom. The molecule has 1 N–H and O–H groups in total. The summed E-state index contributed by atoms with van der Waals surface area (Å²) in [6.45, 7) is 0.0937. The van der Waals surface area contributed by atoms with Crippen LogP contribution in [0.2, 0.25) is 0 Å². The lowest BCUT2D eigenvalue weighted by Gasteiger charge is -2.34. The smallest absolute Gasteiger partial charge is 0.309 e. The lowest BCUT2D eigenvalue weighted by Crippen LogP contribution is -2.50. The zero-order chi connectivity index (χ0) is 14.1. The fraction of sp³-hybridized carbons (Fsp3) is 0.833. The van der Waals surface area contributed by atoms with Crippen molar-refractivity contribution in [3.8, 4) is 0 Å². The van der Waals surface area contributed by atoms with Crippen LogP contribution >= 0.6 is 0 Å². The van der Waals surface area contributed by atoms with Crippen molar-refractivity contribution in [1.82, 2.24) is 10.2 Å². The highest BCUT2D eigenvalue weighted by molar-refractivity contribution is 7.90. The predicted octanol–water partition coefficient (Wildman–Crippen LogP) is 0.676. The molecule has 2 rings (SSSR count). The van der Waals surface area contributed by atoms with Crippen molar-refractivity contribution >= 4 is 21.8 Å². The summed E-state index contributed by atoms with van der Waals surface area (Å²) in [5.41, 5.74) is -0.807. The van der Waals surface area contributed by atoms with Gasteiger partial charge in [-0.3, -0.25) is 10.1 Å². The van der Waals surface area contributed by atoms with E-state index in [0.717, 1.165) is 31.9 Å². The molecule has 1 spiro atoms. The topological polar surface area (TPSA) is 83.6 Å². The summed E-state index contributed by atoms with van der Waals surface area (Å²) in [6, 6.07) is -0.449. The van der Waals surface area contributed by atoms with Gasteiger partial charge in [-0.25, -0.2) is 13.2 Å². The minimum atomic E-state index is -3.15. The zero-order valence-corrected chi connectivity index (χ0v) is 12.0. The average molecular weight is 288 g/mol. The number of carbonyl (C=O) groups is 2. The van der Waals surface area contributed by atoms with Crippen LogP contribution in [0.4, 0.5) is 4.79 Å². The SMILES string of the molecule is CS(=O)(=O)CCN1C(=O)NC(=O)C12CCCCCC2. The molecule has 0 aromatic heterocycles. The van der Waals surface area contributed by atoms with E-state index in [2.05, 4.69) is 5.32 Å². The Balaban J connectivity index is 2.21. The van der Waals surface area contributed by atoms with Crippen LogP contribution < -0.4 is 5.32 Å². The van der Waals surface area contributed by atoms with Crippen molar-refractivity contribution in [2.24, 2.45) is 0 Å². The molecule has 1 heterocycles. The van der Waals surface area contributed by atoms with E-state index >= 15 is 0 Å². The number of amides is 3. The number of nitrogens with zero attached hydrogens (tertiary/aromatic N) is 1. The molecular weight excluding hydrogens is 268 g/mol. The molecule has 2 aliphatic rings. The maximum Gasteiger partial charge on any atom is 0.325 e. The normalized spacial score (nSPS) is 23.5. The monoisotopic (exact) mass is 288 g/mol. The van der Waals surface area contributed by atoms with Crippen molar-refractivity contribution in [2.75, 3.05) is 18.6 Å². The molecule has 0 bridgehead atoms. The molecule has 0 atom stereocenters. The first-order valence-corrected chi connectivity index (χ1v) is 8.72. The van der Waals surface area contributed by atoms with E-state index < -0.39 is 21.4 Å². The molecule has 0 unspecified atom stereocenters. The van der Waals surface area contributed by atoms with Crippen LogP contribution in [0.15, 0.2) is 0 Å². The lowest BCUT2D eigenvalue weighted by atomic mass is 9.89. The Morgan fingerprint density at radius 2 is 1.74 bits per heavy atom. The molecule has 0 radical (unpaired) electrons. The van der Waals surface area contributed by atoms with Crippen molar-refractivity contribution < 1.29 is 18.0 Å².